The van der Waals surface area contributed by atoms with Crippen molar-refractivity contribution in [2.45, 2.75) is 18.0 Å². The van der Waals surface area contributed by atoms with Crippen molar-refractivity contribution in [3.63, 3.8) is 0 Å². The first-order valence-corrected chi connectivity index (χ1v) is 5.27. The first kappa shape index (κ1) is 14.4. The molecular weight excluding hydrogens is 267 g/mol. The van der Waals surface area contributed by atoms with Crippen LogP contribution < -0.4 is 0 Å². The Morgan fingerprint density at radius 3 is 2.56 bits per heavy atom. The number of carbonyl (C=O) groups is 1. The molecule has 0 radical (unpaired) electrons. The lowest BCUT2D eigenvalue weighted by molar-refractivity contribution is -0.137. The Morgan fingerprint density at radius 1 is 1.50 bits per heavy atom. The number of carbonyl (C=O) groups excluding carboxylic acids is 1. The van der Waals surface area contributed by atoms with E-state index in [0.717, 1.165) is 6.07 Å². The Hall–Kier alpha value is -1.68. The number of nitrogens with zero attached hydrogens (tertiary/aromatic N) is 1. The van der Waals surface area contributed by atoms with Crippen LogP contribution in [0.2, 0.25) is 0 Å². The molecule has 18 heavy (non-hydrogen) atoms. The monoisotopic (exact) mass is 275 g/mol. The van der Waals surface area contributed by atoms with Crippen molar-refractivity contribution in [1.82, 2.24) is 0 Å². The summed E-state index contributed by atoms with van der Waals surface area (Å²) in [6.07, 6.45) is -4.71. The third kappa shape index (κ3) is 2.96. The molecule has 0 amide bonds. The predicted molar refractivity (Wildman–Crippen MR) is 59.4 cm³/mol. The Bertz CT molecular complexity index is 520. The highest BCUT2D eigenvalue weighted by Crippen LogP contribution is 2.34. The lowest BCUT2D eigenvalue weighted by Crippen LogP contribution is -2.12. The van der Waals surface area contributed by atoms with E-state index in [0.29, 0.717) is 6.07 Å². The number of benzene rings is 1. The van der Waals surface area contributed by atoms with Gasteiger partial charge >= 0.3 is 12.1 Å². The second kappa shape index (κ2) is 5.31. The number of ether oxygens (including phenoxy) is 1. The molecule has 0 N–H and O–H groups in total. The summed E-state index contributed by atoms with van der Waals surface area (Å²) >= 11 is 3.88. The van der Waals surface area contributed by atoms with Crippen molar-refractivity contribution in [2.24, 2.45) is 0 Å². The third-order valence-corrected chi connectivity index (χ3v) is 2.43. The number of hydrogen-bond donors (Lipinski definition) is 1. The minimum atomic E-state index is -4.71. The zero-order valence-corrected chi connectivity index (χ0v) is 10.1. The van der Waals surface area contributed by atoms with Crippen LogP contribution in [-0.4, -0.2) is 12.6 Å². The molecule has 3 nitrogen and oxygen atoms in total. The standard InChI is InChI=1S/C11H8F3NO2S/c1-2-17-10(16)7-4-8(11(12,13)14)6(5-15)3-9(7)18/h3-4,18H,2H2,1H3. The molecule has 1 rings (SSSR count). The fraction of sp³-hybridized carbons (Fsp3) is 0.273. The summed E-state index contributed by atoms with van der Waals surface area (Å²) in [5, 5.41) is 8.64. The van der Waals surface area contributed by atoms with E-state index in [9.17, 15) is 18.0 Å². The quantitative estimate of drug-likeness (QED) is 0.666. The van der Waals surface area contributed by atoms with Gasteiger partial charge in [-0.15, -0.1) is 12.6 Å². The maximum Gasteiger partial charge on any atom is 0.417 e. The number of rotatable bonds is 2. The maximum absolute atomic E-state index is 12.7. The molecule has 7 heteroatoms. The largest absolute Gasteiger partial charge is 0.462 e. The Morgan fingerprint density at radius 2 is 2.11 bits per heavy atom. The Balaban J connectivity index is 3.41. The van der Waals surface area contributed by atoms with E-state index in [2.05, 4.69) is 17.4 Å². The highest BCUT2D eigenvalue weighted by atomic mass is 32.1. The summed E-state index contributed by atoms with van der Waals surface area (Å²) in [5.74, 6) is -0.905. The van der Waals surface area contributed by atoms with E-state index < -0.39 is 23.3 Å². The molecule has 96 valence electrons. The van der Waals surface area contributed by atoms with Crippen LogP contribution >= 0.6 is 12.6 Å². The molecule has 0 fully saturated rings. The number of halogens is 3. The lowest BCUT2D eigenvalue weighted by Gasteiger charge is -2.12. The minimum absolute atomic E-state index is 0.0296. The van der Waals surface area contributed by atoms with Gasteiger partial charge in [-0.3, -0.25) is 0 Å². The highest BCUT2D eigenvalue weighted by molar-refractivity contribution is 7.80. The van der Waals surface area contributed by atoms with Crippen molar-refractivity contribution >= 4 is 18.6 Å². The molecule has 0 aliphatic heterocycles. The Kier molecular flexibility index (Phi) is 4.24. The van der Waals surface area contributed by atoms with E-state index in [1.807, 2.05) is 0 Å². The van der Waals surface area contributed by atoms with Crippen LogP contribution in [0, 0.1) is 11.3 Å². The predicted octanol–water partition coefficient (Wildman–Crippen LogP) is 3.04. The van der Waals surface area contributed by atoms with E-state index in [-0.39, 0.29) is 17.1 Å². The summed E-state index contributed by atoms with van der Waals surface area (Å²) < 4.78 is 42.6. The third-order valence-electron chi connectivity index (χ3n) is 2.06. The molecule has 0 saturated heterocycles. The van der Waals surface area contributed by atoms with E-state index >= 15 is 0 Å². The van der Waals surface area contributed by atoms with Crippen LogP contribution in [0.25, 0.3) is 0 Å². The molecule has 0 atom stereocenters. The summed E-state index contributed by atoms with van der Waals surface area (Å²) in [5.41, 5.74) is -2.07. The number of thiol groups is 1. The average molecular weight is 275 g/mol. The van der Waals surface area contributed by atoms with Gasteiger partial charge in [0.2, 0.25) is 0 Å². The van der Waals surface area contributed by atoms with Gasteiger partial charge in [0.15, 0.2) is 0 Å². The van der Waals surface area contributed by atoms with Gasteiger partial charge in [-0.05, 0) is 19.1 Å². The van der Waals surface area contributed by atoms with E-state index in [1.54, 1.807) is 0 Å². The van der Waals surface area contributed by atoms with Crippen molar-refractivity contribution < 1.29 is 22.7 Å². The van der Waals surface area contributed by atoms with Gasteiger partial charge in [-0.25, -0.2) is 4.79 Å². The van der Waals surface area contributed by atoms with Gasteiger partial charge in [0.1, 0.15) is 0 Å². The van der Waals surface area contributed by atoms with Crippen molar-refractivity contribution in [3.05, 3.63) is 28.8 Å². The molecule has 0 heterocycles. The van der Waals surface area contributed by atoms with Crippen molar-refractivity contribution in [1.29, 1.82) is 5.26 Å². The molecule has 0 unspecified atom stereocenters. The molecule has 0 spiro atoms. The van der Waals surface area contributed by atoms with Crippen molar-refractivity contribution in [2.75, 3.05) is 6.61 Å². The van der Waals surface area contributed by atoms with Gasteiger partial charge < -0.3 is 4.74 Å². The molecule has 1 aromatic rings. The summed E-state index contributed by atoms with van der Waals surface area (Å²) in [6.45, 7) is 1.57. The van der Waals surface area contributed by atoms with E-state index in [4.69, 9.17) is 5.26 Å². The maximum atomic E-state index is 12.7. The molecule has 0 bridgehead atoms. The van der Waals surface area contributed by atoms with Crippen LogP contribution in [0.15, 0.2) is 17.0 Å². The second-order valence-corrected chi connectivity index (χ2v) is 3.73. The molecule has 1 aromatic carbocycles. The van der Waals surface area contributed by atoms with Crippen LogP contribution in [0.3, 0.4) is 0 Å². The van der Waals surface area contributed by atoms with Gasteiger partial charge in [0.25, 0.3) is 0 Å². The number of alkyl halides is 3. The molecule has 0 aliphatic rings. The molecule has 0 aromatic heterocycles. The lowest BCUT2D eigenvalue weighted by atomic mass is 10.0. The van der Waals surface area contributed by atoms with Crippen LogP contribution in [-0.2, 0) is 10.9 Å². The zero-order chi connectivity index (χ0) is 13.9. The highest BCUT2D eigenvalue weighted by Gasteiger charge is 2.35. The zero-order valence-electron chi connectivity index (χ0n) is 9.21. The number of hydrogen-bond acceptors (Lipinski definition) is 4. The second-order valence-electron chi connectivity index (χ2n) is 3.24. The summed E-state index contributed by atoms with van der Waals surface area (Å²) in [4.78, 5) is 11.4. The summed E-state index contributed by atoms with van der Waals surface area (Å²) in [7, 11) is 0. The van der Waals surface area contributed by atoms with Gasteiger partial charge in [0.05, 0.1) is 29.4 Å². The fourth-order valence-electron chi connectivity index (χ4n) is 1.29. The molecular formula is C11H8F3NO2S. The SMILES string of the molecule is CCOC(=O)c1cc(C(F)(F)F)c(C#N)cc1S. The number of nitriles is 1. The fourth-order valence-corrected chi connectivity index (χ4v) is 1.57. The molecule has 0 aliphatic carbocycles. The smallest absolute Gasteiger partial charge is 0.417 e. The van der Waals surface area contributed by atoms with Crippen LogP contribution in [0.4, 0.5) is 13.2 Å². The number of esters is 1. The van der Waals surface area contributed by atoms with Gasteiger partial charge in [-0.2, -0.15) is 18.4 Å². The minimum Gasteiger partial charge on any atom is -0.462 e. The summed E-state index contributed by atoms with van der Waals surface area (Å²) in [6, 6.07) is 2.90. The van der Waals surface area contributed by atoms with Gasteiger partial charge in [-0.1, -0.05) is 0 Å². The van der Waals surface area contributed by atoms with Gasteiger partial charge in [0, 0.05) is 4.90 Å². The van der Waals surface area contributed by atoms with Crippen LogP contribution in [0.5, 0.6) is 0 Å². The Labute approximate surface area is 107 Å². The first-order valence-electron chi connectivity index (χ1n) is 4.82. The average Bonchev–Trinajstić information content (AvgIpc) is 2.27. The first-order chi connectivity index (χ1) is 8.31. The van der Waals surface area contributed by atoms with E-state index in [1.165, 1.54) is 13.0 Å². The normalized spacial score (nSPS) is 10.9. The molecule has 0 saturated carbocycles. The topological polar surface area (TPSA) is 50.1 Å². The van der Waals surface area contributed by atoms with Crippen molar-refractivity contribution in [3.8, 4) is 6.07 Å². The van der Waals surface area contributed by atoms with Crippen LogP contribution in [0.1, 0.15) is 28.4 Å².